The van der Waals surface area contributed by atoms with Crippen LogP contribution in [0.3, 0.4) is 0 Å². The molecule has 1 aliphatic rings. The largest absolute Gasteiger partial charge is 0.383 e. The lowest BCUT2D eigenvalue weighted by atomic mass is 10.0. The maximum absolute atomic E-state index is 11.9. The van der Waals surface area contributed by atoms with Crippen LogP contribution in [-0.2, 0) is 4.79 Å². The van der Waals surface area contributed by atoms with E-state index < -0.39 is 0 Å². The first-order valence-electron chi connectivity index (χ1n) is 7.82. The van der Waals surface area contributed by atoms with Crippen molar-refractivity contribution < 1.29 is 4.79 Å². The highest BCUT2D eigenvalue weighted by Crippen LogP contribution is 2.15. The van der Waals surface area contributed by atoms with Gasteiger partial charge in [0.2, 0.25) is 5.91 Å². The molecule has 0 bridgehead atoms. The Kier molecular flexibility index (Phi) is 5.99. The number of aromatic nitrogens is 1. The molecule has 2 N–H and O–H groups in total. The fourth-order valence-electron chi connectivity index (χ4n) is 2.70. The Bertz CT molecular complexity index is 463. The van der Waals surface area contributed by atoms with Gasteiger partial charge in [-0.25, -0.2) is 0 Å². The topological polar surface area (TPSA) is 57.3 Å². The van der Waals surface area contributed by atoms with Gasteiger partial charge in [0.15, 0.2) is 0 Å². The minimum absolute atomic E-state index is 0.122. The third-order valence-corrected chi connectivity index (χ3v) is 4.07. The summed E-state index contributed by atoms with van der Waals surface area (Å²) in [5, 5.41) is 6.29. The minimum Gasteiger partial charge on any atom is -0.383 e. The monoisotopic (exact) mass is 290 g/mol. The highest BCUT2D eigenvalue weighted by Gasteiger charge is 2.20. The normalized spacial score (nSPS) is 19.2. The molecule has 1 atom stereocenters. The van der Waals surface area contributed by atoms with Gasteiger partial charge >= 0.3 is 0 Å². The van der Waals surface area contributed by atoms with Gasteiger partial charge in [0.1, 0.15) is 0 Å². The number of anilines is 1. The van der Waals surface area contributed by atoms with E-state index in [1.54, 1.807) is 6.20 Å². The van der Waals surface area contributed by atoms with E-state index in [1.165, 1.54) is 19.3 Å². The molecular weight excluding hydrogens is 264 g/mol. The Morgan fingerprint density at radius 3 is 3.05 bits per heavy atom. The van der Waals surface area contributed by atoms with Crippen molar-refractivity contribution in [3.05, 3.63) is 24.0 Å². The zero-order valence-corrected chi connectivity index (χ0v) is 13.1. The van der Waals surface area contributed by atoms with Gasteiger partial charge < -0.3 is 10.6 Å². The molecule has 2 heterocycles. The Hall–Kier alpha value is -1.62. The summed E-state index contributed by atoms with van der Waals surface area (Å²) < 4.78 is 0. The Morgan fingerprint density at radius 1 is 1.43 bits per heavy atom. The lowest BCUT2D eigenvalue weighted by Gasteiger charge is -2.32. The van der Waals surface area contributed by atoms with Crippen LogP contribution in [0, 0.1) is 6.92 Å². The standard InChI is InChI=1S/C16H26N4O/c1-13-11-17-7-6-15(13)18-8-9-19-16(21)12-20-10-4-3-5-14(20)2/h6-7,11,14H,3-5,8-10,12H2,1-2H3,(H,17,18)(H,19,21). The number of nitrogens with zero attached hydrogens (tertiary/aromatic N) is 2. The van der Waals surface area contributed by atoms with Crippen molar-refractivity contribution in [1.29, 1.82) is 0 Å². The van der Waals surface area contributed by atoms with Crippen molar-refractivity contribution in [3.63, 3.8) is 0 Å². The summed E-state index contributed by atoms with van der Waals surface area (Å²) in [7, 11) is 0. The zero-order valence-electron chi connectivity index (χ0n) is 13.1. The fourth-order valence-corrected chi connectivity index (χ4v) is 2.70. The summed E-state index contributed by atoms with van der Waals surface area (Å²) in [5.41, 5.74) is 2.19. The van der Waals surface area contributed by atoms with Gasteiger partial charge in [-0.2, -0.15) is 0 Å². The molecule has 21 heavy (non-hydrogen) atoms. The van der Waals surface area contributed by atoms with Crippen molar-refractivity contribution >= 4 is 11.6 Å². The molecule has 5 heteroatoms. The summed E-state index contributed by atoms with van der Waals surface area (Å²) in [6.07, 6.45) is 7.30. The highest BCUT2D eigenvalue weighted by atomic mass is 16.2. The first-order valence-corrected chi connectivity index (χ1v) is 7.82. The van der Waals surface area contributed by atoms with E-state index in [9.17, 15) is 4.79 Å². The number of aryl methyl sites for hydroxylation is 1. The molecule has 0 aromatic carbocycles. The molecule has 1 aromatic rings. The highest BCUT2D eigenvalue weighted by molar-refractivity contribution is 5.78. The predicted octanol–water partition coefficient (Wildman–Crippen LogP) is 1.79. The lowest BCUT2D eigenvalue weighted by Crippen LogP contribution is -2.45. The number of hydrogen-bond donors (Lipinski definition) is 2. The predicted molar refractivity (Wildman–Crippen MR) is 85.4 cm³/mol. The van der Waals surface area contributed by atoms with Gasteiger partial charge in [-0.1, -0.05) is 6.42 Å². The average Bonchev–Trinajstić information content (AvgIpc) is 2.48. The van der Waals surface area contributed by atoms with E-state index in [0.29, 0.717) is 19.1 Å². The molecule has 1 amide bonds. The van der Waals surface area contributed by atoms with Gasteiger partial charge in [-0.3, -0.25) is 14.7 Å². The molecule has 1 saturated heterocycles. The third kappa shape index (κ3) is 5.01. The summed E-state index contributed by atoms with van der Waals surface area (Å²) in [6, 6.07) is 2.48. The third-order valence-electron chi connectivity index (χ3n) is 4.07. The van der Waals surface area contributed by atoms with Crippen molar-refractivity contribution in [2.45, 2.75) is 39.2 Å². The lowest BCUT2D eigenvalue weighted by molar-refractivity contribution is -0.123. The number of hydrogen-bond acceptors (Lipinski definition) is 4. The smallest absolute Gasteiger partial charge is 0.234 e. The molecule has 1 aliphatic heterocycles. The number of likely N-dealkylation sites (tertiary alicyclic amines) is 1. The molecule has 1 unspecified atom stereocenters. The molecule has 116 valence electrons. The summed E-state index contributed by atoms with van der Waals surface area (Å²) in [4.78, 5) is 18.3. The van der Waals surface area contributed by atoms with E-state index in [0.717, 1.165) is 24.3 Å². The van der Waals surface area contributed by atoms with Crippen molar-refractivity contribution in [2.75, 3.05) is 31.5 Å². The number of nitrogens with one attached hydrogen (secondary N) is 2. The van der Waals surface area contributed by atoms with E-state index in [-0.39, 0.29) is 5.91 Å². The van der Waals surface area contributed by atoms with Crippen molar-refractivity contribution in [2.24, 2.45) is 0 Å². The van der Waals surface area contributed by atoms with Crippen LogP contribution in [0.25, 0.3) is 0 Å². The van der Waals surface area contributed by atoms with Gasteiger partial charge in [-0.05, 0) is 44.9 Å². The Morgan fingerprint density at radius 2 is 2.29 bits per heavy atom. The van der Waals surface area contributed by atoms with Crippen LogP contribution in [0.15, 0.2) is 18.5 Å². The second kappa shape index (κ2) is 7.98. The number of piperidine rings is 1. The van der Waals surface area contributed by atoms with Gasteiger partial charge in [0.25, 0.3) is 0 Å². The molecule has 0 radical (unpaired) electrons. The Labute approximate surface area is 127 Å². The first-order chi connectivity index (χ1) is 10.2. The van der Waals surface area contributed by atoms with Crippen LogP contribution >= 0.6 is 0 Å². The first kappa shape index (κ1) is 15.8. The molecule has 0 saturated carbocycles. The number of pyridine rings is 1. The van der Waals surface area contributed by atoms with Gasteiger partial charge in [0.05, 0.1) is 6.54 Å². The second-order valence-corrected chi connectivity index (χ2v) is 5.78. The van der Waals surface area contributed by atoms with E-state index in [1.807, 2.05) is 19.2 Å². The van der Waals surface area contributed by atoms with Crippen LogP contribution in [0.1, 0.15) is 31.7 Å². The summed E-state index contributed by atoms with van der Waals surface area (Å²) in [6.45, 7) is 7.17. The Balaban J connectivity index is 1.64. The maximum Gasteiger partial charge on any atom is 0.234 e. The van der Waals surface area contributed by atoms with Crippen molar-refractivity contribution in [3.8, 4) is 0 Å². The summed E-state index contributed by atoms with van der Waals surface area (Å²) >= 11 is 0. The summed E-state index contributed by atoms with van der Waals surface area (Å²) in [5.74, 6) is 0.122. The van der Waals surface area contributed by atoms with E-state index >= 15 is 0 Å². The van der Waals surface area contributed by atoms with Crippen LogP contribution in [-0.4, -0.2) is 48.0 Å². The SMILES string of the molecule is Cc1cnccc1NCCNC(=O)CN1CCCCC1C. The molecule has 1 aromatic heterocycles. The van der Waals surface area contributed by atoms with E-state index in [4.69, 9.17) is 0 Å². The zero-order chi connectivity index (χ0) is 15.1. The number of carbonyl (C=O) groups excluding carboxylic acids is 1. The molecule has 1 fully saturated rings. The van der Waals surface area contributed by atoms with Gasteiger partial charge in [-0.15, -0.1) is 0 Å². The second-order valence-electron chi connectivity index (χ2n) is 5.78. The van der Waals surface area contributed by atoms with Crippen LogP contribution in [0.5, 0.6) is 0 Å². The fraction of sp³-hybridized carbons (Fsp3) is 0.625. The molecule has 2 rings (SSSR count). The number of carbonyl (C=O) groups is 1. The van der Waals surface area contributed by atoms with Crippen molar-refractivity contribution in [1.82, 2.24) is 15.2 Å². The molecular formula is C16H26N4O. The van der Waals surface area contributed by atoms with Crippen LogP contribution in [0.4, 0.5) is 5.69 Å². The maximum atomic E-state index is 11.9. The number of amides is 1. The van der Waals surface area contributed by atoms with Crippen LogP contribution < -0.4 is 10.6 Å². The molecule has 0 aliphatic carbocycles. The number of rotatable bonds is 6. The average molecular weight is 290 g/mol. The minimum atomic E-state index is 0.122. The van der Waals surface area contributed by atoms with Gasteiger partial charge in [0, 0.05) is 37.2 Å². The molecule has 5 nitrogen and oxygen atoms in total. The quantitative estimate of drug-likeness (QED) is 0.784. The van der Waals surface area contributed by atoms with Crippen LogP contribution in [0.2, 0.25) is 0 Å². The molecule has 0 spiro atoms. The van der Waals surface area contributed by atoms with E-state index in [2.05, 4.69) is 27.4 Å².